The molecule has 2 aromatic heterocycles. The number of aromatic nitrogens is 1. The number of para-hydroxylation sites is 1. The number of ether oxygens (including phenoxy) is 1. The Balaban J connectivity index is 1.32. The monoisotopic (exact) mass is 419 g/mol. The minimum Gasteiger partial charge on any atom is -0.456 e. The van der Waals surface area contributed by atoms with Gasteiger partial charge in [-0.15, -0.1) is 0 Å². The molecule has 0 saturated carbocycles. The van der Waals surface area contributed by atoms with Gasteiger partial charge in [0.15, 0.2) is 0 Å². The lowest BCUT2D eigenvalue weighted by Gasteiger charge is -2.20. The fraction of sp³-hybridized carbons (Fsp3) is 0.0741. The van der Waals surface area contributed by atoms with E-state index >= 15 is 0 Å². The van der Waals surface area contributed by atoms with Crippen molar-refractivity contribution in [2.24, 2.45) is 0 Å². The zero-order chi connectivity index (χ0) is 21.5. The first kappa shape index (κ1) is 18.5. The van der Waals surface area contributed by atoms with Gasteiger partial charge in [0.2, 0.25) is 5.88 Å². The predicted molar refractivity (Wildman–Crippen MR) is 128 cm³/mol. The highest BCUT2D eigenvalue weighted by atomic mass is 16.5. The molecule has 6 rings (SSSR count). The van der Waals surface area contributed by atoms with E-state index in [-0.39, 0.29) is 0 Å². The minimum absolute atomic E-state index is 0.582. The van der Waals surface area contributed by atoms with Gasteiger partial charge in [0.05, 0.1) is 12.4 Å². The summed E-state index contributed by atoms with van der Waals surface area (Å²) >= 11 is 0. The van der Waals surface area contributed by atoms with Crippen molar-refractivity contribution in [3.05, 3.63) is 103 Å². The molecule has 0 unspecified atom stereocenters. The molecular formula is C27H21N3O2. The van der Waals surface area contributed by atoms with Crippen molar-refractivity contribution in [1.82, 2.24) is 9.88 Å². The van der Waals surface area contributed by atoms with Crippen molar-refractivity contribution < 1.29 is 9.15 Å². The number of rotatable bonds is 4. The fourth-order valence-corrected chi connectivity index (χ4v) is 4.18. The SMILES string of the molecule is CN1CN(c2cccc(Oc3ccccn3)c2)C=C1c1ccc2c(c1)oc1ccccc12. The van der Waals surface area contributed by atoms with Gasteiger partial charge in [0, 0.05) is 53.6 Å². The van der Waals surface area contributed by atoms with Crippen molar-refractivity contribution in [3.63, 3.8) is 0 Å². The van der Waals surface area contributed by atoms with Crippen molar-refractivity contribution in [2.75, 3.05) is 18.6 Å². The van der Waals surface area contributed by atoms with Crippen LogP contribution in [0.4, 0.5) is 5.69 Å². The van der Waals surface area contributed by atoms with Crippen LogP contribution in [-0.2, 0) is 0 Å². The van der Waals surface area contributed by atoms with Crippen LogP contribution >= 0.6 is 0 Å². The van der Waals surface area contributed by atoms with E-state index in [0.717, 1.165) is 51.3 Å². The van der Waals surface area contributed by atoms with Crippen molar-refractivity contribution in [3.8, 4) is 11.6 Å². The van der Waals surface area contributed by atoms with E-state index < -0.39 is 0 Å². The molecule has 3 heterocycles. The van der Waals surface area contributed by atoms with Crippen molar-refractivity contribution in [2.45, 2.75) is 0 Å². The highest BCUT2D eigenvalue weighted by Crippen LogP contribution is 2.34. The molecule has 156 valence electrons. The second kappa shape index (κ2) is 7.46. The summed E-state index contributed by atoms with van der Waals surface area (Å²) in [6.07, 6.45) is 3.90. The Morgan fingerprint density at radius 1 is 0.844 bits per heavy atom. The predicted octanol–water partition coefficient (Wildman–Crippen LogP) is 6.48. The summed E-state index contributed by atoms with van der Waals surface area (Å²) in [5.41, 5.74) is 5.15. The molecule has 0 spiro atoms. The average Bonchev–Trinajstić information content (AvgIpc) is 3.40. The van der Waals surface area contributed by atoms with Gasteiger partial charge < -0.3 is 19.0 Å². The molecule has 32 heavy (non-hydrogen) atoms. The molecule has 3 aromatic carbocycles. The normalized spacial score (nSPS) is 13.7. The molecule has 5 nitrogen and oxygen atoms in total. The van der Waals surface area contributed by atoms with E-state index in [4.69, 9.17) is 9.15 Å². The number of hydrogen-bond acceptors (Lipinski definition) is 5. The van der Waals surface area contributed by atoms with Crippen molar-refractivity contribution in [1.29, 1.82) is 0 Å². The molecule has 0 saturated heterocycles. The number of benzene rings is 3. The van der Waals surface area contributed by atoms with Crippen molar-refractivity contribution >= 4 is 33.3 Å². The first-order valence-corrected chi connectivity index (χ1v) is 10.5. The van der Waals surface area contributed by atoms with Gasteiger partial charge in [-0.05, 0) is 36.4 Å². The quantitative estimate of drug-likeness (QED) is 0.333. The standard InChI is InChI=1S/C27H21N3O2/c1-29-18-30(20-7-6-8-21(16-20)31-27-11-4-5-14-28-27)17-24(29)19-12-13-23-22-9-2-3-10-25(22)32-26(23)15-19/h2-17H,18H2,1H3. The third-order valence-corrected chi connectivity index (χ3v) is 5.74. The van der Waals surface area contributed by atoms with Gasteiger partial charge in [-0.3, -0.25) is 0 Å². The molecule has 0 bridgehead atoms. The van der Waals surface area contributed by atoms with E-state index in [9.17, 15) is 0 Å². The molecule has 0 atom stereocenters. The highest BCUT2D eigenvalue weighted by Gasteiger charge is 2.21. The Bertz CT molecular complexity index is 1460. The Hall–Kier alpha value is -4.25. The Morgan fingerprint density at radius 3 is 2.62 bits per heavy atom. The van der Waals surface area contributed by atoms with Gasteiger partial charge in [-0.25, -0.2) is 4.98 Å². The van der Waals surface area contributed by atoms with Gasteiger partial charge >= 0.3 is 0 Å². The van der Waals surface area contributed by atoms with Crippen LogP contribution in [0.1, 0.15) is 5.56 Å². The van der Waals surface area contributed by atoms with Gasteiger partial charge in [0.25, 0.3) is 0 Å². The topological polar surface area (TPSA) is 41.7 Å². The van der Waals surface area contributed by atoms with E-state index in [2.05, 4.69) is 58.4 Å². The zero-order valence-electron chi connectivity index (χ0n) is 17.6. The number of hydrogen-bond donors (Lipinski definition) is 0. The maximum Gasteiger partial charge on any atom is 0.219 e. The fourth-order valence-electron chi connectivity index (χ4n) is 4.18. The number of pyridine rings is 1. The highest BCUT2D eigenvalue weighted by molar-refractivity contribution is 6.05. The molecule has 5 aromatic rings. The largest absolute Gasteiger partial charge is 0.456 e. The van der Waals surface area contributed by atoms with Gasteiger partial charge in [-0.2, -0.15) is 0 Å². The molecule has 0 aliphatic carbocycles. The number of furan rings is 1. The number of nitrogens with zero attached hydrogens (tertiary/aromatic N) is 3. The molecule has 0 radical (unpaired) electrons. The lowest BCUT2D eigenvalue weighted by Crippen LogP contribution is -2.22. The molecule has 0 amide bonds. The van der Waals surface area contributed by atoms with Gasteiger partial charge in [-0.1, -0.05) is 36.4 Å². The molecular weight excluding hydrogens is 398 g/mol. The van der Waals surface area contributed by atoms with E-state index in [0.29, 0.717) is 5.88 Å². The smallest absolute Gasteiger partial charge is 0.219 e. The first-order valence-electron chi connectivity index (χ1n) is 10.5. The van der Waals surface area contributed by atoms with Gasteiger partial charge in [0.1, 0.15) is 16.9 Å². The lowest BCUT2D eigenvalue weighted by molar-refractivity contribution is 0.462. The maximum absolute atomic E-state index is 6.09. The second-order valence-corrected chi connectivity index (χ2v) is 7.90. The summed E-state index contributed by atoms with van der Waals surface area (Å²) in [7, 11) is 2.10. The Morgan fingerprint density at radius 2 is 1.72 bits per heavy atom. The summed E-state index contributed by atoms with van der Waals surface area (Å²) in [6.45, 7) is 0.751. The second-order valence-electron chi connectivity index (χ2n) is 7.90. The van der Waals surface area contributed by atoms with E-state index in [1.165, 1.54) is 0 Å². The van der Waals surface area contributed by atoms with Crippen LogP contribution in [0.3, 0.4) is 0 Å². The van der Waals surface area contributed by atoms with Crippen LogP contribution in [0.2, 0.25) is 0 Å². The summed E-state index contributed by atoms with van der Waals surface area (Å²) in [5, 5.41) is 2.29. The van der Waals surface area contributed by atoms with Crippen LogP contribution in [-0.4, -0.2) is 23.6 Å². The van der Waals surface area contributed by atoms with Crippen LogP contribution in [0.25, 0.3) is 27.6 Å². The summed E-state index contributed by atoms with van der Waals surface area (Å²) in [4.78, 5) is 8.68. The van der Waals surface area contributed by atoms with Crippen LogP contribution < -0.4 is 9.64 Å². The third-order valence-electron chi connectivity index (χ3n) is 5.74. The zero-order valence-corrected chi connectivity index (χ0v) is 17.6. The van der Waals surface area contributed by atoms with E-state index in [1.807, 2.05) is 54.6 Å². The first-order chi connectivity index (χ1) is 15.7. The molecule has 1 aliphatic rings. The Labute approximate surface area is 185 Å². The molecule has 5 heteroatoms. The lowest BCUT2D eigenvalue weighted by atomic mass is 10.1. The number of fused-ring (bicyclic) bond motifs is 3. The molecule has 0 N–H and O–H groups in total. The van der Waals surface area contributed by atoms with Crippen LogP contribution in [0.15, 0.2) is 102 Å². The van der Waals surface area contributed by atoms with Crippen LogP contribution in [0.5, 0.6) is 11.6 Å². The maximum atomic E-state index is 6.09. The number of anilines is 1. The molecule has 1 aliphatic heterocycles. The Kier molecular flexibility index (Phi) is 4.32. The third kappa shape index (κ3) is 3.24. The van der Waals surface area contributed by atoms with Crippen LogP contribution in [0, 0.1) is 0 Å². The summed E-state index contributed by atoms with van der Waals surface area (Å²) in [5.74, 6) is 1.34. The molecule has 0 fully saturated rings. The summed E-state index contributed by atoms with van der Waals surface area (Å²) < 4.78 is 12.0. The summed E-state index contributed by atoms with van der Waals surface area (Å²) in [6, 6.07) is 28.3. The average molecular weight is 419 g/mol. The van der Waals surface area contributed by atoms with E-state index in [1.54, 1.807) is 6.20 Å². The minimum atomic E-state index is 0.582.